The van der Waals surface area contributed by atoms with E-state index in [1.54, 1.807) is 26.8 Å². The van der Waals surface area contributed by atoms with Gasteiger partial charge in [0.25, 0.3) is 0 Å². The summed E-state index contributed by atoms with van der Waals surface area (Å²) in [6.07, 6.45) is 1.57. The van der Waals surface area contributed by atoms with Crippen molar-refractivity contribution in [3.8, 4) is 0 Å². The summed E-state index contributed by atoms with van der Waals surface area (Å²) in [7, 11) is 0. The number of rotatable bonds is 4. The van der Waals surface area contributed by atoms with Crippen LogP contribution in [0.15, 0.2) is 11.8 Å². The Morgan fingerprint density at radius 2 is 1.45 bits per heavy atom. The number of carboxylic acids is 1. The summed E-state index contributed by atoms with van der Waals surface area (Å²) in [5.74, 6) is -2.55. The molecule has 5 nitrogen and oxygen atoms in total. The van der Waals surface area contributed by atoms with Crippen LogP contribution in [0.1, 0.15) is 55.4 Å². The van der Waals surface area contributed by atoms with E-state index in [0.717, 1.165) is 0 Å². The van der Waals surface area contributed by atoms with Gasteiger partial charge in [-0.05, 0) is 59.0 Å². The molecule has 0 aromatic heterocycles. The van der Waals surface area contributed by atoms with Crippen molar-refractivity contribution in [1.82, 2.24) is 0 Å². The highest BCUT2D eigenvalue weighted by molar-refractivity contribution is 5.87. The minimum Gasteiger partial charge on any atom is -0.550 e. The summed E-state index contributed by atoms with van der Waals surface area (Å²) in [5, 5.41) is 11.2. The van der Waals surface area contributed by atoms with Gasteiger partial charge in [-0.1, -0.05) is 13.8 Å². The van der Waals surface area contributed by atoms with Crippen molar-refractivity contribution in [3.63, 3.8) is 0 Å². The van der Waals surface area contributed by atoms with Crippen LogP contribution in [-0.4, -0.2) is 23.1 Å². The minimum absolute atomic E-state index is 0.0595. The largest absolute Gasteiger partial charge is 0.550 e. The molecule has 2 atom stereocenters. The Morgan fingerprint density at radius 1 is 1.00 bits per heavy atom. The van der Waals surface area contributed by atoms with Crippen molar-refractivity contribution in [3.05, 3.63) is 11.8 Å². The quantitative estimate of drug-likeness (QED) is 0.451. The van der Waals surface area contributed by atoms with Crippen molar-refractivity contribution in [1.29, 1.82) is 0 Å². The Labute approximate surface area is 132 Å². The highest BCUT2D eigenvalue weighted by atomic mass is 16.6. The zero-order chi connectivity index (χ0) is 17.5. The summed E-state index contributed by atoms with van der Waals surface area (Å²) >= 11 is 0. The van der Waals surface area contributed by atoms with Crippen LogP contribution in [0.5, 0.6) is 0 Å². The molecule has 0 N–H and O–H groups in total. The SMILES string of the molecule is CC(C)(C)OC(=O)C(=CC1C(C(=O)[O-])C1(C)C)OC(C)(C)C. The monoisotopic (exact) mass is 311 g/mol. The first-order valence-electron chi connectivity index (χ1n) is 7.50. The molecule has 1 fully saturated rings. The van der Waals surface area contributed by atoms with Crippen LogP contribution in [0.3, 0.4) is 0 Å². The third-order valence-corrected chi connectivity index (χ3v) is 3.51. The number of hydrogen-bond acceptors (Lipinski definition) is 5. The number of carboxylic acid groups (broad SMARTS) is 1. The molecule has 0 heterocycles. The lowest BCUT2D eigenvalue weighted by molar-refractivity contribution is -0.309. The number of carbonyl (C=O) groups is 2. The van der Waals surface area contributed by atoms with Gasteiger partial charge in [-0.3, -0.25) is 0 Å². The van der Waals surface area contributed by atoms with Gasteiger partial charge < -0.3 is 19.4 Å². The van der Waals surface area contributed by atoms with Crippen LogP contribution in [0.4, 0.5) is 0 Å². The molecule has 0 aliphatic heterocycles. The molecule has 0 radical (unpaired) electrons. The van der Waals surface area contributed by atoms with Gasteiger partial charge in [0.1, 0.15) is 11.2 Å². The van der Waals surface area contributed by atoms with Gasteiger partial charge in [-0.25, -0.2) is 4.79 Å². The summed E-state index contributed by atoms with van der Waals surface area (Å²) in [5.41, 5.74) is -1.68. The van der Waals surface area contributed by atoms with E-state index >= 15 is 0 Å². The molecule has 126 valence electrons. The van der Waals surface area contributed by atoms with Gasteiger partial charge in [-0.2, -0.15) is 0 Å². The zero-order valence-corrected chi connectivity index (χ0v) is 14.8. The third kappa shape index (κ3) is 4.75. The third-order valence-electron chi connectivity index (χ3n) is 3.51. The molecular weight excluding hydrogens is 284 g/mol. The van der Waals surface area contributed by atoms with E-state index in [-0.39, 0.29) is 11.7 Å². The average Bonchev–Trinajstić information content (AvgIpc) is 2.74. The fourth-order valence-electron chi connectivity index (χ4n) is 2.40. The van der Waals surface area contributed by atoms with E-state index in [2.05, 4.69) is 0 Å². The number of ether oxygens (including phenoxy) is 2. The predicted octanol–water partition coefficient (Wildman–Crippen LogP) is 2.05. The van der Waals surface area contributed by atoms with Crippen molar-refractivity contribution in [2.75, 3.05) is 0 Å². The van der Waals surface area contributed by atoms with E-state index in [1.165, 1.54) is 0 Å². The Morgan fingerprint density at radius 3 is 1.77 bits per heavy atom. The lowest BCUT2D eigenvalue weighted by Gasteiger charge is -2.26. The molecule has 1 aliphatic rings. The normalized spacial score (nSPS) is 24.6. The summed E-state index contributed by atoms with van der Waals surface area (Å²) in [6, 6.07) is 0. The molecule has 0 bridgehead atoms. The average molecular weight is 311 g/mol. The van der Waals surface area contributed by atoms with Crippen LogP contribution in [0, 0.1) is 17.3 Å². The smallest absolute Gasteiger partial charge is 0.373 e. The Hall–Kier alpha value is -1.52. The van der Waals surface area contributed by atoms with Gasteiger partial charge in [0.2, 0.25) is 5.76 Å². The first kappa shape index (κ1) is 18.5. The number of esters is 1. The first-order valence-corrected chi connectivity index (χ1v) is 7.50. The van der Waals surface area contributed by atoms with Crippen LogP contribution >= 0.6 is 0 Å². The molecule has 0 aromatic carbocycles. The molecule has 0 aromatic rings. The number of allylic oxidation sites excluding steroid dienone is 1. The zero-order valence-electron chi connectivity index (χ0n) is 14.8. The second-order valence-corrected chi connectivity index (χ2v) is 8.39. The lowest BCUT2D eigenvalue weighted by Crippen LogP contribution is -2.29. The molecule has 1 rings (SSSR count). The molecule has 2 unspecified atom stereocenters. The summed E-state index contributed by atoms with van der Waals surface area (Å²) < 4.78 is 11.0. The Balaban J connectivity index is 3.04. The van der Waals surface area contributed by atoms with E-state index in [4.69, 9.17) is 9.47 Å². The Bertz CT molecular complexity index is 488. The molecule has 0 amide bonds. The predicted molar refractivity (Wildman–Crippen MR) is 80.5 cm³/mol. The molecule has 22 heavy (non-hydrogen) atoms. The summed E-state index contributed by atoms with van der Waals surface area (Å²) in [6.45, 7) is 14.4. The van der Waals surface area contributed by atoms with Gasteiger partial charge >= 0.3 is 5.97 Å². The van der Waals surface area contributed by atoms with Crippen molar-refractivity contribution in [2.24, 2.45) is 17.3 Å². The number of carbonyl (C=O) groups excluding carboxylic acids is 2. The lowest BCUT2D eigenvalue weighted by atomic mass is 10.1. The van der Waals surface area contributed by atoms with Crippen LogP contribution < -0.4 is 5.11 Å². The summed E-state index contributed by atoms with van der Waals surface area (Å²) in [4.78, 5) is 23.5. The highest BCUT2D eigenvalue weighted by Crippen LogP contribution is 2.59. The second-order valence-electron chi connectivity index (χ2n) is 8.39. The highest BCUT2D eigenvalue weighted by Gasteiger charge is 2.57. The van der Waals surface area contributed by atoms with Gasteiger partial charge in [0.15, 0.2) is 0 Å². The van der Waals surface area contributed by atoms with Gasteiger partial charge in [0, 0.05) is 11.9 Å². The van der Waals surface area contributed by atoms with Crippen LogP contribution in [0.2, 0.25) is 0 Å². The molecule has 5 heteroatoms. The molecule has 1 aliphatic carbocycles. The fourth-order valence-corrected chi connectivity index (χ4v) is 2.40. The standard InChI is InChI=1S/C17H28O5/c1-15(2,3)21-11(14(20)22-16(4,5)6)9-10-12(13(18)19)17(10,7)8/h9-10,12H,1-8H3,(H,18,19)/p-1. The van der Waals surface area contributed by atoms with E-state index in [9.17, 15) is 14.7 Å². The molecular formula is C17H27O5-. The molecule has 1 saturated carbocycles. The maximum absolute atomic E-state index is 12.3. The van der Waals surface area contributed by atoms with E-state index in [1.807, 2.05) is 34.6 Å². The van der Waals surface area contributed by atoms with Crippen molar-refractivity contribution >= 4 is 11.9 Å². The fraction of sp³-hybridized carbons (Fsp3) is 0.765. The van der Waals surface area contributed by atoms with Gasteiger partial charge in [-0.15, -0.1) is 0 Å². The second kappa shape index (κ2) is 5.60. The molecule has 0 spiro atoms. The van der Waals surface area contributed by atoms with Crippen molar-refractivity contribution in [2.45, 2.75) is 66.6 Å². The van der Waals surface area contributed by atoms with Crippen LogP contribution in [-0.2, 0) is 19.1 Å². The topological polar surface area (TPSA) is 75.7 Å². The maximum atomic E-state index is 12.3. The van der Waals surface area contributed by atoms with Crippen LogP contribution in [0.25, 0.3) is 0 Å². The Kier molecular flexibility index (Phi) is 4.71. The number of hydrogen-bond donors (Lipinski definition) is 0. The van der Waals surface area contributed by atoms with Crippen molar-refractivity contribution < 1.29 is 24.2 Å². The van der Waals surface area contributed by atoms with E-state index < -0.39 is 34.5 Å². The number of aliphatic carboxylic acids is 1. The maximum Gasteiger partial charge on any atom is 0.373 e. The molecule has 0 saturated heterocycles. The first-order chi connectivity index (χ1) is 9.65. The van der Waals surface area contributed by atoms with Gasteiger partial charge in [0.05, 0.1) is 0 Å². The minimum atomic E-state index is -1.11. The van der Waals surface area contributed by atoms with E-state index in [0.29, 0.717) is 0 Å².